The minimum Gasteiger partial charge on any atom is -0.344 e. The molecular weight excluding hydrogens is 242 g/mol. The van der Waals surface area contributed by atoms with Crippen LogP contribution in [0.3, 0.4) is 0 Å². The lowest BCUT2D eigenvalue weighted by molar-refractivity contribution is 1.06. The molecule has 0 saturated heterocycles. The number of aromatic nitrogens is 3. The molecule has 0 saturated carbocycles. The molecule has 2 aromatic heterocycles. The Morgan fingerprint density at radius 2 is 1.74 bits per heavy atom. The topological polar surface area (TPSA) is 81.5 Å². The van der Waals surface area contributed by atoms with Gasteiger partial charge in [0.1, 0.15) is 5.65 Å². The maximum Gasteiger partial charge on any atom is 0.327 e. The molecule has 2 heterocycles. The van der Waals surface area contributed by atoms with Gasteiger partial charge in [0, 0.05) is 12.1 Å². The van der Waals surface area contributed by atoms with Gasteiger partial charge in [0.2, 0.25) is 0 Å². The summed E-state index contributed by atoms with van der Waals surface area (Å²) in [4.78, 5) is 31.0. The summed E-state index contributed by atoms with van der Waals surface area (Å²) in [5.41, 5.74) is 2.59. The second-order valence-corrected chi connectivity index (χ2v) is 4.55. The highest BCUT2D eigenvalue weighted by atomic mass is 16.2. The molecule has 1 aromatic carbocycles. The zero-order valence-corrected chi connectivity index (χ0v) is 10.4. The van der Waals surface area contributed by atoms with Crippen LogP contribution >= 0.6 is 0 Å². The molecule has 0 bridgehead atoms. The van der Waals surface area contributed by atoms with Gasteiger partial charge in [-0.25, -0.2) is 4.79 Å². The van der Waals surface area contributed by atoms with Crippen molar-refractivity contribution in [3.63, 3.8) is 0 Å². The van der Waals surface area contributed by atoms with Gasteiger partial charge in [-0.2, -0.15) is 0 Å². The summed E-state index contributed by atoms with van der Waals surface area (Å²) in [5.74, 6) is 0. The average molecular weight is 255 g/mol. The summed E-state index contributed by atoms with van der Waals surface area (Å²) in [6.07, 6.45) is 0.697. The lowest BCUT2D eigenvalue weighted by Gasteiger charge is -2.00. The van der Waals surface area contributed by atoms with Gasteiger partial charge >= 0.3 is 5.69 Å². The molecule has 0 fully saturated rings. The first kappa shape index (κ1) is 11.5. The summed E-state index contributed by atoms with van der Waals surface area (Å²) < 4.78 is 0. The molecule has 0 radical (unpaired) electrons. The zero-order chi connectivity index (χ0) is 13.4. The summed E-state index contributed by atoms with van der Waals surface area (Å²) in [6.45, 7) is 1.88. The number of fused-ring (bicyclic) bond motifs is 1. The van der Waals surface area contributed by atoms with Crippen molar-refractivity contribution in [2.24, 2.45) is 0 Å². The van der Waals surface area contributed by atoms with Crippen LogP contribution in [0.15, 0.2) is 39.9 Å². The first-order valence-corrected chi connectivity index (χ1v) is 6.03. The number of benzene rings is 1. The Labute approximate surface area is 108 Å². The molecule has 0 aliphatic heterocycles. The van der Waals surface area contributed by atoms with Crippen molar-refractivity contribution in [1.29, 1.82) is 0 Å². The predicted octanol–water partition coefficient (Wildman–Crippen LogP) is 1.44. The molecule has 0 unspecified atom stereocenters. The fourth-order valence-electron chi connectivity index (χ4n) is 2.31. The minimum absolute atomic E-state index is 0.355. The van der Waals surface area contributed by atoms with Crippen LogP contribution in [-0.4, -0.2) is 15.0 Å². The van der Waals surface area contributed by atoms with Gasteiger partial charge in [-0.1, -0.05) is 30.3 Å². The van der Waals surface area contributed by atoms with Crippen LogP contribution in [-0.2, 0) is 6.42 Å². The Balaban J connectivity index is 2.16. The highest BCUT2D eigenvalue weighted by Crippen LogP contribution is 2.18. The molecule has 3 aromatic rings. The number of nitrogens with one attached hydrogen (secondary N) is 3. The lowest BCUT2D eigenvalue weighted by Crippen LogP contribution is -2.21. The third-order valence-electron chi connectivity index (χ3n) is 3.27. The van der Waals surface area contributed by atoms with Crippen molar-refractivity contribution in [2.75, 3.05) is 0 Å². The van der Waals surface area contributed by atoms with E-state index in [4.69, 9.17) is 0 Å². The Hall–Kier alpha value is -2.56. The van der Waals surface area contributed by atoms with E-state index in [0.29, 0.717) is 17.5 Å². The number of hydrogen-bond acceptors (Lipinski definition) is 2. The van der Waals surface area contributed by atoms with Crippen LogP contribution in [0.2, 0.25) is 0 Å². The van der Waals surface area contributed by atoms with Gasteiger partial charge in [-0.15, -0.1) is 0 Å². The number of aryl methyl sites for hydroxylation is 1. The van der Waals surface area contributed by atoms with Crippen LogP contribution in [0, 0.1) is 6.92 Å². The summed E-state index contributed by atoms with van der Waals surface area (Å²) in [6, 6.07) is 9.96. The first-order valence-electron chi connectivity index (χ1n) is 6.03. The monoisotopic (exact) mass is 255 g/mol. The average Bonchev–Trinajstić information content (AvgIpc) is 2.67. The van der Waals surface area contributed by atoms with E-state index in [-0.39, 0.29) is 5.56 Å². The van der Waals surface area contributed by atoms with Gasteiger partial charge < -0.3 is 4.98 Å². The van der Waals surface area contributed by atoms with Gasteiger partial charge in [0.15, 0.2) is 0 Å². The van der Waals surface area contributed by atoms with Crippen LogP contribution in [0.5, 0.6) is 0 Å². The van der Waals surface area contributed by atoms with E-state index in [1.807, 2.05) is 37.3 Å². The maximum absolute atomic E-state index is 11.8. The quantitative estimate of drug-likeness (QED) is 0.647. The van der Waals surface area contributed by atoms with E-state index in [9.17, 15) is 9.59 Å². The van der Waals surface area contributed by atoms with Crippen molar-refractivity contribution in [2.45, 2.75) is 13.3 Å². The highest BCUT2D eigenvalue weighted by Gasteiger charge is 2.12. The predicted molar refractivity (Wildman–Crippen MR) is 73.5 cm³/mol. The molecule has 5 nitrogen and oxygen atoms in total. The summed E-state index contributed by atoms with van der Waals surface area (Å²) in [7, 11) is 0. The lowest BCUT2D eigenvalue weighted by atomic mass is 10.1. The molecule has 3 N–H and O–H groups in total. The van der Waals surface area contributed by atoms with E-state index < -0.39 is 5.69 Å². The molecule has 0 amide bonds. The van der Waals surface area contributed by atoms with Gasteiger partial charge in [-0.3, -0.25) is 14.8 Å². The largest absolute Gasteiger partial charge is 0.344 e. The van der Waals surface area contributed by atoms with E-state index >= 15 is 0 Å². The standard InChI is InChI=1S/C14H13N3O2/c1-8-10(7-9-5-3-2-4-6-9)15-12-11(8)13(18)17-14(19)16-12/h2-6H,7H2,1H3,(H3,15,16,17,18,19). The van der Waals surface area contributed by atoms with Crippen molar-refractivity contribution in [1.82, 2.24) is 15.0 Å². The van der Waals surface area contributed by atoms with Gasteiger partial charge in [0.05, 0.1) is 5.39 Å². The maximum atomic E-state index is 11.8. The summed E-state index contributed by atoms with van der Waals surface area (Å²) in [5, 5.41) is 0.519. The number of H-pyrrole nitrogens is 3. The molecule has 3 rings (SSSR count). The molecule has 0 aliphatic carbocycles. The Morgan fingerprint density at radius 3 is 2.47 bits per heavy atom. The molecule has 5 heteroatoms. The highest BCUT2D eigenvalue weighted by molar-refractivity contribution is 5.79. The smallest absolute Gasteiger partial charge is 0.327 e. The van der Waals surface area contributed by atoms with Crippen molar-refractivity contribution >= 4 is 11.0 Å². The van der Waals surface area contributed by atoms with Gasteiger partial charge in [0.25, 0.3) is 5.56 Å². The zero-order valence-electron chi connectivity index (χ0n) is 10.4. The van der Waals surface area contributed by atoms with Crippen LogP contribution < -0.4 is 11.2 Å². The van der Waals surface area contributed by atoms with E-state index in [2.05, 4.69) is 15.0 Å². The molecule has 19 heavy (non-hydrogen) atoms. The second-order valence-electron chi connectivity index (χ2n) is 4.55. The third-order valence-corrected chi connectivity index (χ3v) is 3.27. The van der Waals surface area contributed by atoms with Crippen LogP contribution in [0.25, 0.3) is 11.0 Å². The molecule has 96 valence electrons. The molecule has 0 aliphatic rings. The SMILES string of the molecule is Cc1c(Cc2ccccc2)[nH]c2[nH]c(=O)[nH]c(=O)c12. The van der Waals surface area contributed by atoms with Crippen molar-refractivity contribution in [3.8, 4) is 0 Å². The van der Waals surface area contributed by atoms with E-state index in [0.717, 1.165) is 16.8 Å². The van der Waals surface area contributed by atoms with E-state index in [1.165, 1.54) is 0 Å². The molecule has 0 spiro atoms. The number of aromatic amines is 3. The minimum atomic E-state index is -0.495. The fraction of sp³-hybridized carbons (Fsp3) is 0.143. The van der Waals surface area contributed by atoms with Crippen LogP contribution in [0.1, 0.15) is 16.8 Å². The Bertz CT molecular complexity index is 840. The van der Waals surface area contributed by atoms with Crippen molar-refractivity contribution in [3.05, 3.63) is 68.0 Å². The van der Waals surface area contributed by atoms with E-state index in [1.54, 1.807) is 0 Å². The number of rotatable bonds is 2. The first-order chi connectivity index (χ1) is 9.15. The Morgan fingerprint density at radius 1 is 1.00 bits per heavy atom. The normalized spacial score (nSPS) is 11.0. The van der Waals surface area contributed by atoms with Gasteiger partial charge in [-0.05, 0) is 18.1 Å². The molecule has 0 atom stereocenters. The van der Waals surface area contributed by atoms with Crippen LogP contribution in [0.4, 0.5) is 0 Å². The van der Waals surface area contributed by atoms with Crippen molar-refractivity contribution < 1.29 is 0 Å². The molecular formula is C14H13N3O2. The second kappa shape index (κ2) is 4.28. The fourth-order valence-corrected chi connectivity index (χ4v) is 2.31. The summed E-state index contributed by atoms with van der Waals surface area (Å²) >= 11 is 0. The number of hydrogen-bond donors (Lipinski definition) is 3. The Kier molecular flexibility index (Phi) is 2.59. The third kappa shape index (κ3) is 1.99.